The van der Waals surface area contributed by atoms with Crippen molar-refractivity contribution in [2.75, 3.05) is 20.8 Å². The van der Waals surface area contributed by atoms with Gasteiger partial charge in [0, 0.05) is 47.2 Å². The summed E-state index contributed by atoms with van der Waals surface area (Å²) in [5.74, 6) is -0.118. The van der Waals surface area contributed by atoms with Gasteiger partial charge in [-0.25, -0.2) is 0 Å². The maximum Gasteiger partial charge on any atom is 0.306 e. The van der Waals surface area contributed by atoms with Crippen molar-refractivity contribution in [2.45, 2.75) is 38.6 Å². The summed E-state index contributed by atoms with van der Waals surface area (Å²) in [4.78, 5) is 30.0. The van der Waals surface area contributed by atoms with E-state index in [0.717, 1.165) is 27.8 Å². The zero-order chi connectivity index (χ0) is 30.3. The molecule has 0 fully saturated rings. The molecule has 8 nitrogen and oxygen atoms in total. The number of carbonyl (C=O) groups is 1. The number of nitrogens with zero attached hydrogens (tertiary/aromatic N) is 1. The fourth-order valence-electron chi connectivity index (χ4n) is 5.53. The fraction of sp³-hybridized carbons (Fsp3) is 0.257. The van der Waals surface area contributed by atoms with Gasteiger partial charge < -0.3 is 28.9 Å². The van der Waals surface area contributed by atoms with Gasteiger partial charge in [0.05, 0.1) is 32.8 Å². The molecule has 0 unspecified atom stereocenters. The first-order chi connectivity index (χ1) is 20.9. The Morgan fingerprint density at radius 1 is 0.977 bits per heavy atom. The number of pyridine rings is 1. The van der Waals surface area contributed by atoms with Crippen LogP contribution in [0.25, 0.3) is 10.9 Å². The topological polar surface area (TPSA) is 103 Å². The predicted molar refractivity (Wildman–Crippen MR) is 166 cm³/mol. The third kappa shape index (κ3) is 6.59. The first-order valence-electron chi connectivity index (χ1n) is 14.3. The first kappa shape index (κ1) is 29.5. The van der Waals surface area contributed by atoms with Gasteiger partial charge in [-0.05, 0) is 54.8 Å². The van der Waals surface area contributed by atoms with Gasteiger partial charge in [-0.1, -0.05) is 48.5 Å². The van der Waals surface area contributed by atoms with Gasteiger partial charge in [0.25, 0.3) is 5.56 Å². The Labute approximate surface area is 250 Å². The van der Waals surface area contributed by atoms with Gasteiger partial charge in [0.15, 0.2) is 0 Å². The average molecular weight is 581 g/mol. The van der Waals surface area contributed by atoms with Gasteiger partial charge in [0.2, 0.25) is 0 Å². The maximum absolute atomic E-state index is 14.1. The van der Waals surface area contributed by atoms with Gasteiger partial charge in [-0.3, -0.25) is 9.59 Å². The van der Waals surface area contributed by atoms with Gasteiger partial charge in [-0.15, -0.1) is 0 Å². The van der Waals surface area contributed by atoms with Crippen molar-refractivity contribution in [3.05, 3.63) is 123 Å². The molecule has 0 radical (unpaired) electrons. The van der Waals surface area contributed by atoms with Crippen molar-refractivity contribution >= 4 is 16.9 Å². The van der Waals surface area contributed by atoms with Crippen LogP contribution in [0.4, 0.5) is 0 Å². The van der Waals surface area contributed by atoms with E-state index < -0.39 is 11.9 Å². The highest BCUT2D eigenvalue weighted by molar-refractivity contribution is 5.83. The summed E-state index contributed by atoms with van der Waals surface area (Å²) >= 11 is 0. The number of aromatic hydroxyl groups is 1. The van der Waals surface area contributed by atoms with Crippen molar-refractivity contribution < 1.29 is 24.1 Å². The number of esters is 1. The van der Waals surface area contributed by atoms with Crippen molar-refractivity contribution in [2.24, 2.45) is 0 Å². The molecule has 0 spiro atoms. The Hall–Kier alpha value is -4.98. The minimum atomic E-state index is -0.780. The molecule has 2 heterocycles. The quantitative estimate of drug-likeness (QED) is 0.178. The Balaban J connectivity index is 1.46. The molecule has 8 heteroatoms. The third-order valence-electron chi connectivity index (χ3n) is 7.85. The minimum Gasteiger partial charge on any atom is -0.507 e. The largest absolute Gasteiger partial charge is 0.507 e. The number of hydrogen-bond acceptors (Lipinski definition) is 6. The van der Waals surface area contributed by atoms with E-state index in [1.807, 2.05) is 72.9 Å². The Morgan fingerprint density at radius 3 is 2.49 bits per heavy atom. The number of aromatic nitrogens is 2. The van der Waals surface area contributed by atoms with Crippen LogP contribution in [0.1, 0.15) is 40.3 Å². The molecule has 2 N–H and O–H groups in total. The Morgan fingerprint density at radius 2 is 1.72 bits per heavy atom. The summed E-state index contributed by atoms with van der Waals surface area (Å²) in [7, 11) is 2.94. The second-order valence-corrected chi connectivity index (χ2v) is 10.5. The second-order valence-electron chi connectivity index (χ2n) is 10.5. The molecule has 0 aliphatic heterocycles. The number of aromatic amines is 1. The maximum atomic E-state index is 14.1. The number of rotatable bonds is 12. The molecule has 3 aromatic carbocycles. The number of carbonyl (C=O) groups excluding carboxylic acids is 1. The zero-order valence-corrected chi connectivity index (χ0v) is 24.6. The average Bonchev–Trinajstić information content (AvgIpc) is 3.44. The Kier molecular flexibility index (Phi) is 9.15. The van der Waals surface area contributed by atoms with Gasteiger partial charge in [0.1, 0.15) is 17.2 Å². The summed E-state index contributed by atoms with van der Waals surface area (Å²) in [6.45, 7) is 2.58. The lowest BCUT2D eigenvalue weighted by atomic mass is 9.87. The summed E-state index contributed by atoms with van der Waals surface area (Å²) < 4.78 is 18.1. The fourth-order valence-corrected chi connectivity index (χ4v) is 5.53. The van der Waals surface area contributed by atoms with Crippen molar-refractivity contribution in [3.8, 4) is 17.2 Å². The number of methoxy groups -OCH3 is 2. The SMILES string of the molecule is COC(=O)C[C@@H](c1ccccc1OCCc1ccc(OC)cc1)c1c(O)cc(C)n(CCc2c[nH]c3ccccc23)c1=O. The van der Waals surface area contributed by atoms with Crippen LogP contribution in [0.3, 0.4) is 0 Å². The first-order valence-corrected chi connectivity index (χ1v) is 14.3. The summed E-state index contributed by atoms with van der Waals surface area (Å²) in [5.41, 5.74) is 4.26. The molecule has 222 valence electrons. The molecular weight excluding hydrogens is 544 g/mol. The van der Waals surface area contributed by atoms with Crippen LogP contribution in [-0.4, -0.2) is 41.5 Å². The molecule has 0 saturated carbocycles. The van der Waals surface area contributed by atoms with Crippen LogP contribution >= 0.6 is 0 Å². The van der Waals surface area contributed by atoms with E-state index in [2.05, 4.69) is 11.1 Å². The van der Waals surface area contributed by atoms with Crippen molar-refractivity contribution in [3.63, 3.8) is 0 Å². The molecule has 0 saturated heterocycles. The van der Waals surface area contributed by atoms with E-state index in [9.17, 15) is 14.7 Å². The molecule has 1 atom stereocenters. The van der Waals surface area contributed by atoms with E-state index in [4.69, 9.17) is 14.2 Å². The number of nitrogens with one attached hydrogen (secondary N) is 1. The molecule has 0 aliphatic carbocycles. The van der Waals surface area contributed by atoms with Crippen LogP contribution in [0.2, 0.25) is 0 Å². The van der Waals surface area contributed by atoms with Crippen LogP contribution in [0.5, 0.6) is 17.2 Å². The van der Waals surface area contributed by atoms with E-state index in [-0.39, 0.29) is 23.3 Å². The smallest absolute Gasteiger partial charge is 0.306 e. The molecule has 0 amide bonds. The highest BCUT2D eigenvalue weighted by atomic mass is 16.5. The zero-order valence-electron chi connectivity index (χ0n) is 24.6. The Bertz CT molecular complexity index is 1770. The molecule has 2 aromatic heterocycles. The van der Waals surface area contributed by atoms with Crippen molar-refractivity contribution in [1.82, 2.24) is 9.55 Å². The number of fused-ring (bicyclic) bond motifs is 1. The van der Waals surface area contributed by atoms with E-state index >= 15 is 0 Å². The standard InChI is InChI=1S/C35H36N2O6/c1-23-20-31(38)34(35(40)37(23)18-16-25-22-36-30-10-6-4-8-27(25)30)29(21-33(39)42-3)28-9-5-7-11-32(28)43-19-17-24-12-14-26(41-2)15-13-24/h4-15,20,22,29,36,38H,16-19,21H2,1-3H3/t29-/m0/s1. The van der Waals surface area contributed by atoms with Crippen molar-refractivity contribution in [1.29, 1.82) is 0 Å². The number of H-pyrrole nitrogens is 1. The number of hydrogen-bond donors (Lipinski definition) is 2. The van der Waals surface area contributed by atoms with Crippen LogP contribution in [-0.2, 0) is 28.9 Å². The number of aryl methyl sites for hydroxylation is 2. The van der Waals surface area contributed by atoms with E-state index in [0.29, 0.717) is 43.0 Å². The van der Waals surface area contributed by atoms with Crippen LogP contribution < -0.4 is 15.0 Å². The lowest BCUT2D eigenvalue weighted by Gasteiger charge is -2.22. The summed E-state index contributed by atoms with van der Waals surface area (Å²) in [6, 6.07) is 24.7. The number of ether oxygens (including phenoxy) is 3. The summed E-state index contributed by atoms with van der Waals surface area (Å²) in [5, 5.41) is 12.3. The molecule has 5 aromatic rings. The third-order valence-corrected chi connectivity index (χ3v) is 7.85. The predicted octanol–water partition coefficient (Wildman–Crippen LogP) is 5.91. The molecular formula is C35H36N2O6. The molecule has 0 bridgehead atoms. The molecule has 0 aliphatic rings. The normalized spacial score (nSPS) is 11.8. The highest BCUT2D eigenvalue weighted by Crippen LogP contribution is 2.37. The molecule has 5 rings (SSSR count). The second kappa shape index (κ2) is 13.3. The lowest BCUT2D eigenvalue weighted by molar-refractivity contribution is -0.140. The van der Waals surface area contributed by atoms with Gasteiger partial charge in [-0.2, -0.15) is 0 Å². The molecule has 43 heavy (non-hydrogen) atoms. The van der Waals surface area contributed by atoms with Gasteiger partial charge >= 0.3 is 5.97 Å². The highest BCUT2D eigenvalue weighted by Gasteiger charge is 2.29. The van der Waals surface area contributed by atoms with E-state index in [1.54, 1.807) is 24.7 Å². The van der Waals surface area contributed by atoms with Crippen LogP contribution in [0, 0.1) is 6.92 Å². The minimum absolute atomic E-state index is 0.135. The lowest BCUT2D eigenvalue weighted by Crippen LogP contribution is -2.29. The van der Waals surface area contributed by atoms with E-state index in [1.165, 1.54) is 7.11 Å². The number of benzene rings is 3. The monoisotopic (exact) mass is 580 g/mol. The number of para-hydroxylation sites is 2. The summed E-state index contributed by atoms with van der Waals surface area (Å²) in [6.07, 6.45) is 3.09. The van der Waals surface area contributed by atoms with Crippen LogP contribution in [0.15, 0.2) is 89.9 Å².